The molecule has 1 aromatic carbocycles. The normalized spacial score (nSPS) is 27.0. The highest BCUT2D eigenvalue weighted by molar-refractivity contribution is 5.58. The minimum Gasteiger partial charge on any atom is -0.395 e. The van der Waals surface area contributed by atoms with E-state index in [1.165, 1.54) is 0 Å². The smallest absolute Gasteiger partial charge is 0.395 e. The summed E-state index contributed by atoms with van der Waals surface area (Å²) in [6.07, 6.45) is -1.52. The summed E-state index contributed by atoms with van der Waals surface area (Å²) in [5.41, 5.74) is 0.904. The molecule has 1 N–H and O–H groups in total. The lowest BCUT2D eigenvalue weighted by molar-refractivity contribution is -0.286. The predicted octanol–water partition coefficient (Wildman–Crippen LogP) is 2.97. The van der Waals surface area contributed by atoms with E-state index >= 15 is 0 Å². The fourth-order valence-corrected chi connectivity index (χ4v) is 2.93. The molecule has 0 bridgehead atoms. The molecule has 0 spiro atoms. The summed E-state index contributed by atoms with van der Waals surface area (Å²) in [6, 6.07) is 5.80. The summed E-state index contributed by atoms with van der Waals surface area (Å²) in [5, 5.41) is 3.52. The zero-order valence-electron chi connectivity index (χ0n) is 12.2. The van der Waals surface area contributed by atoms with Crippen LogP contribution in [0.15, 0.2) is 18.2 Å². The number of hydrogen-bond donors (Lipinski definition) is 1. The van der Waals surface area contributed by atoms with Crippen molar-refractivity contribution in [2.45, 2.75) is 45.1 Å². The van der Waals surface area contributed by atoms with E-state index in [1.807, 2.05) is 6.07 Å². The van der Waals surface area contributed by atoms with Gasteiger partial charge in [0.2, 0.25) is 0 Å². The van der Waals surface area contributed by atoms with Crippen molar-refractivity contribution in [3.63, 3.8) is 0 Å². The second-order valence-electron chi connectivity index (χ2n) is 5.53. The molecule has 21 heavy (non-hydrogen) atoms. The minimum atomic E-state index is -3.56. The highest BCUT2D eigenvalue weighted by Crippen LogP contribution is 2.43. The van der Waals surface area contributed by atoms with E-state index in [1.54, 1.807) is 12.1 Å². The van der Waals surface area contributed by atoms with E-state index in [2.05, 4.69) is 33.5 Å². The molecule has 1 aromatic rings. The molecular formula is C15H20F2N2O2. The van der Waals surface area contributed by atoms with Gasteiger partial charge < -0.3 is 19.7 Å². The molecule has 0 radical (unpaired) electrons. The van der Waals surface area contributed by atoms with Crippen molar-refractivity contribution in [3.05, 3.63) is 18.2 Å². The Morgan fingerprint density at radius 3 is 2.71 bits per heavy atom. The van der Waals surface area contributed by atoms with Gasteiger partial charge >= 0.3 is 6.29 Å². The average molecular weight is 298 g/mol. The molecule has 3 rings (SSSR count). The van der Waals surface area contributed by atoms with Gasteiger partial charge in [0.05, 0.1) is 0 Å². The summed E-state index contributed by atoms with van der Waals surface area (Å²) in [4.78, 5) is 2.27. The molecule has 2 heterocycles. The van der Waals surface area contributed by atoms with E-state index in [0.29, 0.717) is 12.1 Å². The zero-order chi connectivity index (χ0) is 15.0. The standard InChI is InChI=1S/C15H20F2N2O2/c1-3-10-9-19(11(4-2)8-18-10)12-5-6-13-14(7-12)21-15(16,17)20-13/h5-7,10-11,18H,3-4,8-9H2,1-2H3. The number of benzene rings is 1. The molecule has 1 fully saturated rings. The third-order valence-electron chi connectivity index (χ3n) is 4.18. The van der Waals surface area contributed by atoms with Gasteiger partial charge in [0, 0.05) is 36.9 Å². The maximum Gasteiger partial charge on any atom is 0.586 e. The Morgan fingerprint density at radius 1 is 1.24 bits per heavy atom. The maximum atomic E-state index is 13.1. The van der Waals surface area contributed by atoms with E-state index in [4.69, 9.17) is 0 Å². The van der Waals surface area contributed by atoms with Crippen LogP contribution in [-0.4, -0.2) is 31.5 Å². The molecule has 0 saturated carbocycles. The number of halogens is 2. The number of nitrogens with zero attached hydrogens (tertiary/aromatic N) is 1. The van der Waals surface area contributed by atoms with Gasteiger partial charge in [-0.1, -0.05) is 13.8 Å². The number of fused-ring (bicyclic) bond motifs is 1. The van der Waals surface area contributed by atoms with Crippen LogP contribution in [0.5, 0.6) is 11.5 Å². The molecular weight excluding hydrogens is 278 g/mol. The first-order chi connectivity index (χ1) is 10.0. The molecule has 2 atom stereocenters. The number of alkyl halides is 2. The fraction of sp³-hybridized carbons (Fsp3) is 0.600. The van der Waals surface area contributed by atoms with E-state index in [-0.39, 0.29) is 11.5 Å². The van der Waals surface area contributed by atoms with E-state index in [9.17, 15) is 8.78 Å². The van der Waals surface area contributed by atoms with Gasteiger partial charge in [0.1, 0.15) is 0 Å². The third kappa shape index (κ3) is 2.77. The first-order valence-corrected chi connectivity index (χ1v) is 7.42. The van der Waals surface area contributed by atoms with Gasteiger partial charge in [-0.3, -0.25) is 0 Å². The van der Waals surface area contributed by atoms with Gasteiger partial charge in [0.15, 0.2) is 11.5 Å². The van der Waals surface area contributed by atoms with Crippen molar-refractivity contribution in [3.8, 4) is 11.5 Å². The molecule has 2 aliphatic heterocycles. The van der Waals surface area contributed by atoms with E-state index in [0.717, 1.165) is 31.6 Å². The Kier molecular flexibility index (Phi) is 3.65. The maximum absolute atomic E-state index is 13.1. The van der Waals surface area contributed by atoms with Crippen LogP contribution in [0.2, 0.25) is 0 Å². The molecule has 4 nitrogen and oxygen atoms in total. The van der Waals surface area contributed by atoms with Gasteiger partial charge in [-0.2, -0.15) is 0 Å². The van der Waals surface area contributed by atoms with Crippen molar-refractivity contribution in [1.82, 2.24) is 5.32 Å². The molecule has 2 unspecified atom stereocenters. The lowest BCUT2D eigenvalue weighted by Crippen LogP contribution is -2.56. The van der Waals surface area contributed by atoms with Gasteiger partial charge in [0.25, 0.3) is 0 Å². The quantitative estimate of drug-likeness (QED) is 0.930. The van der Waals surface area contributed by atoms with Crippen LogP contribution >= 0.6 is 0 Å². The lowest BCUT2D eigenvalue weighted by atomic mass is 10.0. The van der Waals surface area contributed by atoms with Crippen LogP contribution in [0, 0.1) is 0 Å². The van der Waals surface area contributed by atoms with Gasteiger partial charge in [-0.05, 0) is 25.0 Å². The SMILES string of the molecule is CCC1CN(c2ccc3c(c2)OC(F)(F)O3)C(CC)CN1. The summed E-state index contributed by atoms with van der Waals surface area (Å²) in [6.45, 7) is 6.04. The average Bonchev–Trinajstić information content (AvgIpc) is 2.79. The third-order valence-corrected chi connectivity index (χ3v) is 4.18. The van der Waals surface area contributed by atoms with E-state index < -0.39 is 6.29 Å². The summed E-state index contributed by atoms with van der Waals surface area (Å²) in [7, 11) is 0. The summed E-state index contributed by atoms with van der Waals surface area (Å²) < 4.78 is 35.2. The second kappa shape index (κ2) is 5.33. The number of hydrogen-bond acceptors (Lipinski definition) is 4. The first kappa shape index (κ1) is 14.4. The Hall–Kier alpha value is -1.56. The van der Waals surface area contributed by atoms with Crippen molar-refractivity contribution in [2.75, 3.05) is 18.0 Å². The second-order valence-corrected chi connectivity index (χ2v) is 5.53. The molecule has 0 amide bonds. The highest BCUT2D eigenvalue weighted by atomic mass is 19.3. The van der Waals surface area contributed by atoms with Crippen molar-refractivity contribution in [2.24, 2.45) is 0 Å². The minimum absolute atomic E-state index is 0.0963. The van der Waals surface area contributed by atoms with Crippen molar-refractivity contribution >= 4 is 5.69 Å². The van der Waals surface area contributed by atoms with Crippen LogP contribution in [0.4, 0.5) is 14.5 Å². The topological polar surface area (TPSA) is 33.7 Å². The van der Waals surface area contributed by atoms with Gasteiger partial charge in [-0.15, -0.1) is 8.78 Å². The number of anilines is 1. The van der Waals surface area contributed by atoms with Gasteiger partial charge in [-0.25, -0.2) is 0 Å². The Balaban J connectivity index is 1.86. The predicted molar refractivity (Wildman–Crippen MR) is 76.2 cm³/mol. The van der Waals surface area contributed by atoms with Crippen LogP contribution in [0.25, 0.3) is 0 Å². The number of nitrogens with one attached hydrogen (secondary N) is 1. The number of ether oxygens (including phenoxy) is 2. The van der Waals surface area contributed by atoms with Crippen LogP contribution in [-0.2, 0) is 0 Å². The van der Waals surface area contributed by atoms with Crippen molar-refractivity contribution < 1.29 is 18.3 Å². The highest BCUT2D eigenvalue weighted by Gasteiger charge is 2.43. The zero-order valence-corrected chi connectivity index (χ0v) is 12.2. The number of rotatable bonds is 3. The summed E-state index contributed by atoms with van der Waals surface area (Å²) >= 11 is 0. The van der Waals surface area contributed by atoms with Crippen LogP contribution in [0.3, 0.4) is 0 Å². The molecule has 1 saturated heterocycles. The molecule has 0 aromatic heterocycles. The van der Waals surface area contributed by atoms with Crippen LogP contribution < -0.4 is 19.7 Å². The Morgan fingerprint density at radius 2 is 2.00 bits per heavy atom. The largest absolute Gasteiger partial charge is 0.586 e. The first-order valence-electron chi connectivity index (χ1n) is 7.42. The molecule has 2 aliphatic rings. The molecule has 6 heteroatoms. The molecule has 0 aliphatic carbocycles. The van der Waals surface area contributed by atoms with Crippen LogP contribution in [0.1, 0.15) is 26.7 Å². The van der Waals surface area contributed by atoms with Crippen molar-refractivity contribution in [1.29, 1.82) is 0 Å². The monoisotopic (exact) mass is 298 g/mol. The fourth-order valence-electron chi connectivity index (χ4n) is 2.93. The number of piperazine rings is 1. The lowest BCUT2D eigenvalue weighted by Gasteiger charge is -2.41. The molecule has 116 valence electrons. The Labute approximate surface area is 123 Å². The Bertz CT molecular complexity index is 524. The summed E-state index contributed by atoms with van der Waals surface area (Å²) in [5.74, 6) is 0.206.